The summed E-state index contributed by atoms with van der Waals surface area (Å²) in [6.07, 6.45) is 5.54. The van der Waals surface area contributed by atoms with Crippen LogP contribution in [0.25, 0.3) is 11.2 Å². The van der Waals surface area contributed by atoms with Gasteiger partial charge in [-0.2, -0.15) is 4.98 Å². The van der Waals surface area contributed by atoms with Crippen LogP contribution in [0.5, 0.6) is 0 Å². The topological polar surface area (TPSA) is 97.1 Å². The molecule has 0 radical (unpaired) electrons. The minimum Gasteiger partial charge on any atom is -0.390 e. The van der Waals surface area contributed by atoms with Gasteiger partial charge in [-0.1, -0.05) is 0 Å². The van der Waals surface area contributed by atoms with Crippen LogP contribution in [0.1, 0.15) is 52.0 Å². The van der Waals surface area contributed by atoms with E-state index in [2.05, 4.69) is 20.6 Å². The molecule has 2 aromatic heterocycles. The average Bonchev–Trinajstić information content (AvgIpc) is 3.41. The number of benzene rings is 1. The van der Waals surface area contributed by atoms with Gasteiger partial charge in [0, 0.05) is 37.4 Å². The zero-order valence-corrected chi connectivity index (χ0v) is 19.7. The number of aliphatic hydroxyl groups is 1. The first kappa shape index (κ1) is 23.8. The normalized spacial score (nSPS) is 21.5. The van der Waals surface area contributed by atoms with Gasteiger partial charge in [0.1, 0.15) is 17.0 Å². The molecule has 1 saturated carbocycles. The second kappa shape index (κ2) is 9.27. The van der Waals surface area contributed by atoms with Gasteiger partial charge >= 0.3 is 0 Å². The molecule has 0 amide bonds. The van der Waals surface area contributed by atoms with Crippen molar-refractivity contribution in [1.29, 1.82) is 0 Å². The minimum atomic E-state index is -1.05. The highest BCUT2D eigenvalue weighted by Gasteiger charge is 2.35. The zero-order chi connectivity index (χ0) is 24.7. The molecule has 0 spiro atoms. The number of halogens is 3. The van der Waals surface area contributed by atoms with E-state index in [-0.39, 0.29) is 23.9 Å². The molecule has 2 aliphatic rings. The van der Waals surface area contributed by atoms with Crippen LogP contribution in [0, 0.1) is 23.4 Å². The van der Waals surface area contributed by atoms with E-state index in [1.165, 1.54) is 0 Å². The van der Waals surface area contributed by atoms with Crippen molar-refractivity contribution in [3.05, 3.63) is 35.8 Å². The molecular weight excluding hydrogens is 461 g/mol. The van der Waals surface area contributed by atoms with Crippen molar-refractivity contribution in [2.24, 2.45) is 5.92 Å². The van der Waals surface area contributed by atoms with Crippen LogP contribution in [0.15, 0.2) is 18.3 Å². The smallest absolute Gasteiger partial charge is 0.224 e. The third kappa shape index (κ3) is 4.92. The van der Waals surface area contributed by atoms with Gasteiger partial charge in [0.2, 0.25) is 11.9 Å². The summed E-state index contributed by atoms with van der Waals surface area (Å²) < 4.78 is 49.5. The van der Waals surface area contributed by atoms with Gasteiger partial charge in [-0.25, -0.2) is 23.1 Å². The molecule has 35 heavy (non-hydrogen) atoms. The average molecular weight is 491 g/mol. The Morgan fingerprint density at radius 2 is 1.77 bits per heavy atom. The number of imidazole rings is 1. The van der Waals surface area contributed by atoms with Crippen LogP contribution in [0.4, 0.5) is 30.8 Å². The van der Waals surface area contributed by atoms with E-state index >= 15 is 0 Å². The second-order valence-electron chi connectivity index (χ2n) is 9.93. The molecule has 2 fully saturated rings. The predicted molar refractivity (Wildman–Crippen MR) is 125 cm³/mol. The van der Waals surface area contributed by atoms with E-state index in [1.807, 2.05) is 18.4 Å². The SMILES string of the molecule is CC(C)(O)C1CC[C@H](Nc2ncc3nc(Nc4c(F)cc(F)cc4F)n(C4CCOCC4)c3n2)C1. The number of fused-ring (bicyclic) bond motifs is 1. The van der Waals surface area contributed by atoms with Gasteiger partial charge in [0.25, 0.3) is 0 Å². The Kier molecular flexibility index (Phi) is 6.30. The second-order valence-corrected chi connectivity index (χ2v) is 9.93. The Morgan fingerprint density at radius 3 is 2.43 bits per heavy atom. The van der Waals surface area contributed by atoms with Gasteiger partial charge < -0.3 is 20.5 Å². The Balaban J connectivity index is 1.48. The maximum Gasteiger partial charge on any atom is 0.224 e. The molecule has 2 atom stereocenters. The summed E-state index contributed by atoms with van der Waals surface area (Å²) in [6.45, 7) is 4.74. The van der Waals surface area contributed by atoms with Crippen molar-refractivity contribution < 1.29 is 23.0 Å². The molecular formula is C24H29F3N6O2. The standard InChI is InChI=1S/C24H29F3N6O2/c1-24(2,34)13-3-4-15(9-13)29-22-28-12-19-21(32-22)33(16-5-7-35-8-6-16)23(30-19)31-20-17(26)10-14(25)11-18(20)27/h10-13,15-16,34H,3-9H2,1-2H3,(H,30,31)(H,28,29,32)/t13?,15-/m0/s1. The molecule has 188 valence electrons. The van der Waals surface area contributed by atoms with Crippen LogP contribution in [0.2, 0.25) is 0 Å². The van der Waals surface area contributed by atoms with E-state index in [9.17, 15) is 18.3 Å². The highest BCUT2D eigenvalue weighted by molar-refractivity contribution is 5.76. The fourth-order valence-corrected chi connectivity index (χ4v) is 5.05. The molecule has 8 nitrogen and oxygen atoms in total. The number of ether oxygens (including phenoxy) is 1. The Bertz CT molecular complexity index is 1200. The van der Waals surface area contributed by atoms with Crippen LogP contribution in [0.3, 0.4) is 0 Å². The predicted octanol–water partition coefficient (Wildman–Crippen LogP) is 4.69. The van der Waals surface area contributed by atoms with Gasteiger partial charge in [-0.05, 0) is 51.9 Å². The maximum atomic E-state index is 14.4. The van der Waals surface area contributed by atoms with Gasteiger partial charge in [-0.15, -0.1) is 0 Å². The number of anilines is 3. The fraction of sp³-hybridized carbons (Fsp3) is 0.542. The summed E-state index contributed by atoms with van der Waals surface area (Å²) in [4.78, 5) is 13.6. The van der Waals surface area contributed by atoms with Crippen molar-refractivity contribution in [3.8, 4) is 0 Å². The largest absolute Gasteiger partial charge is 0.390 e. The molecule has 1 unspecified atom stereocenters. The van der Waals surface area contributed by atoms with E-state index in [0.29, 0.717) is 55.3 Å². The van der Waals surface area contributed by atoms with Gasteiger partial charge in [-0.3, -0.25) is 4.57 Å². The van der Waals surface area contributed by atoms with E-state index in [1.54, 1.807) is 6.20 Å². The lowest BCUT2D eigenvalue weighted by molar-refractivity contribution is 0.0197. The molecule has 1 aromatic carbocycles. The Hall–Kier alpha value is -2.92. The van der Waals surface area contributed by atoms with E-state index in [4.69, 9.17) is 9.72 Å². The molecule has 1 aliphatic heterocycles. The van der Waals surface area contributed by atoms with Crippen LogP contribution in [-0.2, 0) is 4.74 Å². The Labute approximate surface area is 200 Å². The number of nitrogens with zero attached hydrogens (tertiary/aromatic N) is 4. The van der Waals surface area contributed by atoms with Crippen molar-refractivity contribution in [2.45, 2.75) is 63.6 Å². The Morgan fingerprint density at radius 1 is 1.06 bits per heavy atom. The molecule has 3 N–H and O–H groups in total. The van der Waals surface area contributed by atoms with Crippen molar-refractivity contribution >= 4 is 28.7 Å². The number of nitrogens with one attached hydrogen (secondary N) is 2. The molecule has 3 aromatic rings. The summed E-state index contributed by atoms with van der Waals surface area (Å²) in [5.41, 5.74) is -0.232. The van der Waals surface area contributed by atoms with Crippen molar-refractivity contribution in [1.82, 2.24) is 19.5 Å². The van der Waals surface area contributed by atoms with Gasteiger partial charge in [0.15, 0.2) is 17.3 Å². The number of hydrogen-bond donors (Lipinski definition) is 3. The minimum absolute atomic E-state index is 0.0587. The fourth-order valence-electron chi connectivity index (χ4n) is 5.05. The highest BCUT2D eigenvalue weighted by Crippen LogP contribution is 2.36. The number of aromatic nitrogens is 4. The number of hydrogen-bond acceptors (Lipinski definition) is 7. The molecule has 0 bridgehead atoms. The van der Waals surface area contributed by atoms with Crippen LogP contribution >= 0.6 is 0 Å². The molecule has 1 saturated heterocycles. The van der Waals surface area contributed by atoms with E-state index in [0.717, 1.165) is 19.3 Å². The van der Waals surface area contributed by atoms with Crippen LogP contribution in [-0.4, -0.2) is 49.5 Å². The summed E-state index contributed by atoms with van der Waals surface area (Å²) in [6, 6.07) is 1.31. The summed E-state index contributed by atoms with van der Waals surface area (Å²) in [5.74, 6) is -2.28. The monoisotopic (exact) mass is 490 g/mol. The number of rotatable bonds is 6. The summed E-state index contributed by atoms with van der Waals surface area (Å²) in [7, 11) is 0. The van der Waals surface area contributed by atoms with E-state index < -0.39 is 28.7 Å². The van der Waals surface area contributed by atoms with Crippen LogP contribution < -0.4 is 10.6 Å². The lowest BCUT2D eigenvalue weighted by Crippen LogP contribution is -2.30. The lowest BCUT2D eigenvalue weighted by atomic mass is 9.90. The van der Waals surface area contributed by atoms with Gasteiger partial charge in [0.05, 0.1) is 11.8 Å². The zero-order valence-electron chi connectivity index (χ0n) is 19.7. The first-order valence-corrected chi connectivity index (χ1v) is 11.9. The highest BCUT2D eigenvalue weighted by atomic mass is 19.1. The first-order valence-electron chi connectivity index (χ1n) is 11.9. The molecule has 3 heterocycles. The molecule has 1 aliphatic carbocycles. The summed E-state index contributed by atoms with van der Waals surface area (Å²) in [5, 5.41) is 16.4. The van der Waals surface area contributed by atoms with Crippen molar-refractivity contribution in [2.75, 3.05) is 23.8 Å². The lowest BCUT2D eigenvalue weighted by Gasteiger charge is -2.26. The third-order valence-electron chi connectivity index (χ3n) is 7.00. The third-order valence-corrected chi connectivity index (χ3v) is 7.00. The molecule has 5 rings (SSSR count). The summed E-state index contributed by atoms with van der Waals surface area (Å²) >= 11 is 0. The first-order chi connectivity index (χ1) is 16.7. The van der Waals surface area contributed by atoms with Crippen molar-refractivity contribution in [3.63, 3.8) is 0 Å². The quantitative estimate of drug-likeness (QED) is 0.461. The maximum absolute atomic E-state index is 14.4. The molecule has 11 heteroatoms.